The minimum absolute atomic E-state index is 0.0707. The summed E-state index contributed by atoms with van der Waals surface area (Å²) in [4.78, 5) is 33.2. The fourth-order valence-electron chi connectivity index (χ4n) is 3.04. The summed E-state index contributed by atoms with van der Waals surface area (Å²) >= 11 is 6.07. The maximum Gasteiger partial charge on any atom is 0.408 e. The van der Waals surface area contributed by atoms with Gasteiger partial charge < -0.3 is 24.1 Å². The van der Waals surface area contributed by atoms with Gasteiger partial charge in [0.15, 0.2) is 5.69 Å². The van der Waals surface area contributed by atoms with Gasteiger partial charge in [0.1, 0.15) is 18.0 Å². The molecule has 0 bridgehead atoms. The summed E-state index contributed by atoms with van der Waals surface area (Å²) in [6, 6.07) is 7.64. The zero-order valence-electron chi connectivity index (χ0n) is 19.1. The smallest absolute Gasteiger partial charge is 0.408 e. The molecule has 3 rings (SSSR count). The van der Waals surface area contributed by atoms with Crippen LogP contribution in [0.3, 0.4) is 0 Å². The number of ether oxygens (including phenoxy) is 3. The number of carbonyl (C=O) groups excluding carboxylic acids is 2. The highest BCUT2D eigenvalue weighted by Gasteiger charge is 2.19. The number of carbonyl (C=O) groups is 2. The summed E-state index contributed by atoms with van der Waals surface area (Å²) in [5.41, 5.74) is 1.28. The van der Waals surface area contributed by atoms with Crippen molar-refractivity contribution in [2.24, 2.45) is 0 Å². The molecule has 9 nitrogen and oxygen atoms in total. The number of rotatable bonds is 8. The van der Waals surface area contributed by atoms with Gasteiger partial charge in [0.25, 0.3) is 0 Å². The third kappa shape index (κ3) is 7.16. The van der Waals surface area contributed by atoms with Crippen molar-refractivity contribution in [3.05, 3.63) is 58.8 Å². The van der Waals surface area contributed by atoms with Gasteiger partial charge in [-0.25, -0.2) is 14.6 Å². The zero-order chi connectivity index (χ0) is 24.0. The SMILES string of the molecule is COCCOC(=O)c1cn(Cc2ccc3ncc(Cl)cc3c2)c(CNC(=O)OC(C)(C)C)n1. The highest BCUT2D eigenvalue weighted by atomic mass is 35.5. The second-order valence-electron chi connectivity index (χ2n) is 8.34. The first kappa shape index (κ1) is 24.5. The fourth-order valence-corrected chi connectivity index (χ4v) is 3.20. The lowest BCUT2D eigenvalue weighted by Crippen LogP contribution is -2.32. The van der Waals surface area contributed by atoms with E-state index in [0.29, 0.717) is 17.4 Å². The second-order valence-corrected chi connectivity index (χ2v) is 8.77. The van der Waals surface area contributed by atoms with Crippen molar-refractivity contribution in [1.29, 1.82) is 0 Å². The third-order valence-corrected chi connectivity index (χ3v) is 4.65. The lowest BCUT2D eigenvalue weighted by atomic mass is 10.1. The van der Waals surface area contributed by atoms with Crippen molar-refractivity contribution in [2.45, 2.75) is 39.5 Å². The van der Waals surface area contributed by atoms with Crippen molar-refractivity contribution < 1.29 is 23.8 Å². The van der Waals surface area contributed by atoms with E-state index in [4.69, 9.17) is 25.8 Å². The molecule has 0 fully saturated rings. The van der Waals surface area contributed by atoms with Gasteiger partial charge in [0, 0.05) is 31.4 Å². The Morgan fingerprint density at radius 1 is 1.18 bits per heavy atom. The number of imidazole rings is 1. The van der Waals surface area contributed by atoms with Crippen LogP contribution in [-0.4, -0.2) is 52.5 Å². The van der Waals surface area contributed by atoms with Crippen molar-refractivity contribution in [2.75, 3.05) is 20.3 Å². The van der Waals surface area contributed by atoms with Gasteiger partial charge in [-0.05, 0) is 44.5 Å². The summed E-state index contributed by atoms with van der Waals surface area (Å²) < 4.78 is 17.1. The van der Waals surface area contributed by atoms with Crippen LogP contribution in [0.4, 0.5) is 4.79 Å². The number of hydrogen-bond donors (Lipinski definition) is 1. The highest BCUT2D eigenvalue weighted by molar-refractivity contribution is 6.31. The molecule has 0 saturated heterocycles. The molecule has 10 heteroatoms. The van der Waals surface area contributed by atoms with E-state index in [0.717, 1.165) is 16.5 Å². The van der Waals surface area contributed by atoms with Gasteiger partial charge in [-0.2, -0.15) is 0 Å². The first-order valence-corrected chi connectivity index (χ1v) is 10.8. The fraction of sp³-hybridized carbons (Fsp3) is 0.391. The van der Waals surface area contributed by atoms with Gasteiger partial charge in [-0.1, -0.05) is 17.7 Å². The van der Waals surface area contributed by atoms with Crippen molar-refractivity contribution >= 4 is 34.6 Å². The minimum Gasteiger partial charge on any atom is -0.458 e. The quantitative estimate of drug-likeness (QED) is 0.389. The molecular formula is C23H27ClN4O5. The number of alkyl carbamates (subject to hydrolysis) is 1. The van der Waals surface area contributed by atoms with Gasteiger partial charge in [-0.3, -0.25) is 4.98 Å². The molecule has 0 radical (unpaired) electrons. The van der Waals surface area contributed by atoms with E-state index in [1.807, 2.05) is 24.3 Å². The molecule has 0 unspecified atom stereocenters. The molecule has 1 aromatic carbocycles. The molecular weight excluding hydrogens is 448 g/mol. The summed E-state index contributed by atoms with van der Waals surface area (Å²) in [6.45, 7) is 6.22. The molecule has 0 spiro atoms. The van der Waals surface area contributed by atoms with Crippen LogP contribution < -0.4 is 5.32 Å². The van der Waals surface area contributed by atoms with Crippen molar-refractivity contribution in [3.8, 4) is 0 Å². The van der Waals surface area contributed by atoms with Crippen molar-refractivity contribution in [1.82, 2.24) is 19.9 Å². The number of methoxy groups -OCH3 is 1. The molecule has 2 heterocycles. The highest BCUT2D eigenvalue weighted by Crippen LogP contribution is 2.19. The Balaban J connectivity index is 1.82. The Morgan fingerprint density at radius 3 is 2.70 bits per heavy atom. The molecule has 0 aliphatic heterocycles. The molecule has 2 aromatic heterocycles. The molecule has 0 atom stereocenters. The standard InChI is InChI=1S/C23H27ClN4O5/c1-23(2,3)33-22(30)26-12-20-27-19(21(29)32-8-7-31-4)14-28(20)13-15-5-6-18-16(9-15)10-17(24)11-25-18/h5-6,9-11,14H,7-8,12-13H2,1-4H3,(H,26,30). The first-order valence-electron chi connectivity index (χ1n) is 10.4. The van der Waals surface area contributed by atoms with Gasteiger partial charge >= 0.3 is 12.1 Å². The Hall–Kier alpha value is -3.17. The Kier molecular flexibility index (Phi) is 7.88. The van der Waals surface area contributed by atoms with Crippen LogP contribution in [0.1, 0.15) is 42.6 Å². The summed E-state index contributed by atoms with van der Waals surface area (Å²) in [6.07, 6.45) is 2.62. The van der Waals surface area contributed by atoms with E-state index in [1.165, 1.54) is 7.11 Å². The summed E-state index contributed by atoms with van der Waals surface area (Å²) in [5, 5.41) is 4.12. The van der Waals surface area contributed by atoms with E-state index in [-0.39, 0.29) is 25.5 Å². The molecule has 0 saturated carbocycles. The second kappa shape index (κ2) is 10.6. The number of halogens is 1. The molecule has 0 aliphatic carbocycles. The molecule has 176 valence electrons. The normalized spacial score (nSPS) is 11.4. The summed E-state index contributed by atoms with van der Waals surface area (Å²) in [5.74, 6) is -0.0947. The monoisotopic (exact) mass is 474 g/mol. The maximum absolute atomic E-state index is 12.4. The average Bonchev–Trinajstić information content (AvgIpc) is 3.13. The van der Waals surface area contributed by atoms with E-state index < -0.39 is 17.7 Å². The number of esters is 1. The first-order chi connectivity index (χ1) is 15.6. The lowest BCUT2D eigenvalue weighted by Gasteiger charge is -2.19. The Labute approximate surface area is 197 Å². The van der Waals surface area contributed by atoms with Crippen LogP contribution >= 0.6 is 11.6 Å². The molecule has 33 heavy (non-hydrogen) atoms. The number of pyridine rings is 1. The predicted octanol–water partition coefficient (Wildman–Crippen LogP) is 3.96. The van der Waals surface area contributed by atoms with Crippen molar-refractivity contribution in [3.63, 3.8) is 0 Å². The number of nitrogens with zero attached hydrogens (tertiary/aromatic N) is 3. The van der Waals surface area contributed by atoms with Gasteiger partial charge in [-0.15, -0.1) is 0 Å². The van der Waals surface area contributed by atoms with Crippen LogP contribution in [0.15, 0.2) is 36.7 Å². The Morgan fingerprint density at radius 2 is 1.97 bits per heavy atom. The van der Waals surface area contributed by atoms with Crippen LogP contribution in [0, 0.1) is 0 Å². The lowest BCUT2D eigenvalue weighted by molar-refractivity contribution is 0.0382. The van der Waals surface area contributed by atoms with Gasteiger partial charge in [0.2, 0.25) is 0 Å². The predicted molar refractivity (Wildman–Crippen MR) is 123 cm³/mol. The number of amides is 1. The topological polar surface area (TPSA) is 105 Å². The molecule has 0 aliphatic rings. The van der Waals surface area contributed by atoms with E-state index in [2.05, 4.69) is 15.3 Å². The third-order valence-electron chi connectivity index (χ3n) is 4.44. The number of aromatic nitrogens is 3. The largest absolute Gasteiger partial charge is 0.458 e. The van der Waals surface area contributed by atoms with Crippen LogP contribution in [-0.2, 0) is 27.3 Å². The number of hydrogen-bond acceptors (Lipinski definition) is 7. The molecule has 3 aromatic rings. The molecule has 1 amide bonds. The van der Waals surface area contributed by atoms with Crippen LogP contribution in [0.2, 0.25) is 5.02 Å². The van der Waals surface area contributed by atoms with Crippen LogP contribution in [0.5, 0.6) is 0 Å². The molecule has 1 N–H and O–H groups in total. The number of nitrogens with one attached hydrogen (secondary N) is 1. The van der Waals surface area contributed by atoms with E-state index in [1.54, 1.807) is 37.7 Å². The van der Waals surface area contributed by atoms with E-state index in [9.17, 15) is 9.59 Å². The zero-order valence-corrected chi connectivity index (χ0v) is 19.8. The van der Waals surface area contributed by atoms with E-state index >= 15 is 0 Å². The number of fused-ring (bicyclic) bond motifs is 1. The average molecular weight is 475 g/mol. The minimum atomic E-state index is -0.629. The van der Waals surface area contributed by atoms with Crippen LogP contribution in [0.25, 0.3) is 10.9 Å². The summed E-state index contributed by atoms with van der Waals surface area (Å²) in [7, 11) is 1.52. The Bertz CT molecular complexity index is 1140. The maximum atomic E-state index is 12.4. The van der Waals surface area contributed by atoms with Gasteiger partial charge in [0.05, 0.1) is 23.7 Å². The number of benzene rings is 1.